The number of thiocarbonyl (C=S) groups is 1. The third-order valence-corrected chi connectivity index (χ3v) is 5.94. The van der Waals surface area contributed by atoms with Gasteiger partial charge in [0.25, 0.3) is 5.91 Å². The summed E-state index contributed by atoms with van der Waals surface area (Å²) in [5.74, 6) is 1.62. The largest absolute Gasteiger partial charge is 0.493 e. The number of para-hydroxylation sites is 1. The summed E-state index contributed by atoms with van der Waals surface area (Å²) < 4.78 is 17.5. The zero-order valence-corrected chi connectivity index (χ0v) is 19.4. The number of carbonyl (C=O) groups excluding carboxylic acids is 1. The minimum atomic E-state index is -0.149. The lowest BCUT2D eigenvalue weighted by Gasteiger charge is -2.14. The molecule has 0 N–H and O–H groups in total. The van der Waals surface area contributed by atoms with Crippen LogP contribution in [0.25, 0.3) is 6.08 Å². The predicted octanol–water partition coefficient (Wildman–Crippen LogP) is 5.58. The maximum absolute atomic E-state index is 12.5. The quantitative estimate of drug-likeness (QED) is 0.193. The summed E-state index contributed by atoms with van der Waals surface area (Å²) in [7, 11) is 1.55. The van der Waals surface area contributed by atoms with Crippen molar-refractivity contribution in [2.24, 2.45) is 0 Å². The standard InChI is InChI=1S/C23H22ClNO4S2/c1-3-10-25-22(26)20(31-23(25)30)15-16-13-18(24)21(19(14-16)27-2)29-12-7-11-28-17-8-5-4-6-9-17/h3-6,8-9,13-15H,1,7,10-12H2,2H3. The van der Waals surface area contributed by atoms with Crippen LogP contribution >= 0.6 is 35.6 Å². The first kappa shape index (κ1) is 23.2. The van der Waals surface area contributed by atoms with Crippen LogP contribution in [-0.2, 0) is 4.79 Å². The number of methoxy groups -OCH3 is 1. The number of benzene rings is 2. The predicted molar refractivity (Wildman–Crippen MR) is 130 cm³/mol. The highest BCUT2D eigenvalue weighted by molar-refractivity contribution is 8.26. The molecule has 0 unspecified atom stereocenters. The smallest absolute Gasteiger partial charge is 0.266 e. The van der Waals surface area contributed by atoms with Crippen LogP contribution in [0, 0.1) is 0 Å². The van der Waals surface area contributed by atoms with Crippen molar-refractivity contribution in [2.45, 2.75) is 6.42 Å². The maximum atomic E-state index is 12.5. The molecule has 2 aromatic carbocycles. The van der Waals surface area contributed by atoms with Crippen molar-refractivity contribution in [3.63, 3.8) is 0 Å². The molecule has 2 aromatic rings. The third-order valence-electron chi connectivity index (χ3n) is 4.28. The Morgan fingerprint density at radius 1 is 1.19 bits per heavy atom. The Hall–Kier alpha value is -2.48. The number of ether oxygens (including phenoxy) is 3. The zero-order valence-electron chi connectivity index (χ0n) is 17.0. The van der Waals surface area contributed by atoms with Crippen molar-refractivity contribution >= 4 is 51.9 Å². The Balaban J connectivity index is 1.64. The highest BCUT2D eigenvalue weighted by Gasteiger charge is 2.31. The van der Waals surface area contributed by atoms with Gasteiger partial charge in [0.1, 0.15) is 10.1 Å². The number of hydrogen-bond acceptors (Lipinski definition) is 6. The normalized spacial score (nSPS) is 14.8. The van der Waals surface area contributed by atoms with Gasteiger partial charge >= 0.3 is 0 Å². The molecule has 162 valence electrons. The SMILES string of the molecule is C=CCN1C(=O)C(=Cc2cc(Cl)c(OCCCOc3ccccc3)c(OC)c2)SC1=S. The van der Waals surface area contributed by atoms with Gasteiger partial charge in [-0.1, -0.05) is 59.9 Å². The second-order valence-corrected chi connectivity index (χ2v) is 8.56. The van der Waals surface area contributed by atoms with Crippen molar-refractivity contribution in [2.75, 3.05) is 26.9 Å². The molecule has 5 nitrogen and oxygen atoms in total. The minimum Gasteiger partial charge on any atom is -0.493 e. The van der Waals surface area contributed by atoms with Crippen LogP contribution in [0.1, 0.15) is 12.0 Å². The Morgan fingerprint density at radius 2 is 1.94 bits per heavy atom. The van der Waals surface area contributed by atoms with E-state index in [1.807, 2.05) is 30.3 Å². The van der Waals surface area contributed by atoms with Crippen LogP contribution < -0.4 is 14.2 Å². The molecule has 0 saturated carbocycles. The summed E-state index contributed by atoms with van der Waals surface area (Å²) in [6.07, 6.45) is 4.07. The maximum Gasteiger partial charge on any atom is 0.266 e. The molecule has 1 amide bonds. The fraction of sp³-hybridized carbons (Fsp3) is 0.217. The molecule has 0 bridgehead atoms. The van der Waals surface area contributed by atoms with Crippen LogP contribution in [0.5, 0.6) is 17.2 Å². The first-order chi connectivity index (χ1) is 15.0. The van der Waals surface area contributed by atoms with Gasteiger partial charge in [-0.15, -0.1) is 6.58 Å². The van der Waals surface area contributed by atoms with E-state index >= 15 is 0 Å². The molecule has 1 fully saturated rings. The van der Waals surface area contributed by atoms with Gasteiger partial charge in [-0.05, 0) is 35.9 Å². The van der Waals surface area contributed by atoms with Crippen molar-refractivity contribution in [1.82, 2.24) is 4.90 Å². The number of halogens is 1. The van der Waals surface area contributed by atoms with E-state index in [9.17, 15) is 4.79 Å². The number of thioether (sulfide) groups is 1. The number of rotatable bonds is 10. The fourth-order valence-electron chi connectivity index (χ4n) is 2.84. The van der Waals surface area contributed by atoms with Crippen LogP contribution in [0.15, 0.2) is 60.0 Å². The number of nitrogens with zero attached hydrogens (tertiary/aromatic N) is 1. The lowest BCUT2D eigenvalue weighted by molar-refractivity contribution is -0.121. The molecule has 3 rings (SSSR count). The van der Waals surface area contributed by atoms with E-state index in [1.54, 1.807) is 31.4 Å². The van der Waals surface area contributed by atoms with E-state index in [4.69, 9.17) is 38.0 Å². The van der Waals surface area contributed by atoms with Gasteiger partial charge in [0, 0.05) is 13.0 Å². The molecule has 8 heteroatoms. The highest BCUT2D eigenvalue weighted by atomic mass is 35.5. The second kappa shape index (κ2) is 11.2. The molecule has 31 heavy (non-hydrogen) atoms. The Morgan fingerprint density at radius 3 is 2.65 bits per heavy atom. The molecule has 1 aliphatic heterocycles. The summed E-state index contributed by atoms with van der Waals surface area (Å²) in [4.78, 5) is 14.6. The summed E-state index contributed by atoms with van der Waals surface area (Å²) in [6.45, 7) is 4.98. The van der Waals surface area contributed by atoms with E-state index in [0.29, 0.717) is 51.9 Å². The first-order valence-corrected chi connectivity index (χ1v) is 11.2. The fourth-order valence-corrected chi connectivity index (χ4v) is 4.39. The van der Waals surface area contributed by atoms with E-state index < -0.39 is 0 Å². The van der Waals surface area contributed by atoms with E-state index in [1.165, 1.54) is 16.7 Å². The number of hydrogen-bond donors (Lipinski definition) is 0. The topological polar surface area (TPSA) is 48.0 Å². The van der Waals surface area contributed by atoms with Crippen LogP contribution in [0.2, 0.25) is 5.02 Å². The van der Waals surface area contributed by atoms with Gasteiger partial charge in [-0.3, -0.25) is 9.69 Å². The van der Waals surface area contributed by atoms with Gasteiger partial charge in [-0.2, -0.15) is 0 Å². The summed E-state index contributed by atoms with van der Waals surface area (Å²) in [5, 5.41) is 0.399. The molecule has 0 radical (unpaired) electrons. The van der Waals surface area contributed by atoms with Crippen molar-refractivity contribution < 1.29 is 19.0 Å². The van der Waals surface area contributed by atoms with Crippen molar-refractivity contribution in [1.29, 1.82) is 0 Å². The van der Waals surface area contributed by atoms with Gasteiger partial charge in [0.2, 0.25) is 0 Å². The average molecular weight is 476 g/mol. The van der Waals surface area contributed by atoms with Gasteiger partial charge in [0.15, 0.2) is 11.5 Å². The molecule has 0 spiro atoms. The molecule has 0 aromatic heterocycles. The van der Waals surface area contributed by atoms with E-state index in [0.717, 1.165) is 11.3 Å². The number of amides is 1. The highest BCUT2D eigenvalue weighted by Crippen LogP contribution is 2.39. The molecule has 1 heterocycles. The first-order valence-electron chi connectivity index (χ1n) is 9.58. The summed E-state index contributed by atoms with van der Waals surface area (Å²) in [6, 6.07) is 13.1. The molecule has 0 aliphatic carbocycles. The van der Waals surface area contributed by atoms with Gasteiger partial charge < -0.3 is 14.2 Å². The monoisotopic (exact) mass is 475 g/mol. The van der Waals surface area contributed by atoms with Crippen molar-refractivity contribution in [3.8, 4) is 17.2 Å². The molecular formula is C23H22ClNO4S2. The molecule has 1 saturated heterocycles. The third kappa shape index (κ3) is 6.03. The second-order valence-electron chi connectivity index (χ2n) is 6.48. The Kier molecular flexibility index (Phi) is 8.40. The Labute approximate surface area is 196 Å². The zero-order chi connectivity index (χ0) is 22.2. The van der Waals surface area contributed by atoms with Crippen LogP contribution in [-0.4, -0.2) is 42.0 Å². The van der Waals surface area contributed by atoms with Crippen molar-refractivity contribution in [3.05, 3.63) is 70.6 Å². The summed E-state index contributed by atoms with van der Waals surface area (Å²) in [5.41, 5.74) is 0.723. The van der Waals surface area contributed by atoms with Gasteiger partial charge in [0.05, 0.1) is 30.3 Å². The van der Waals surface area contributed by atoms with Crippen LogP contribution in [0.3, 0.4) is 0 Å². The van der Waals surface area contributed by atoms with Gasteiger partial charge in [-0.25, -0.2) is 0 Å². The average Bonchev–Trinajstić information content (AvgIpc) is 3.02. The molecule has 1 aliphatic rings. The lowest BCUT2D eigenvalue weighted by Crippen LogP contribution is -2.27. The molecular weight excluding hydrogens is 454 g/mol. The molecule has 0 atom stereocenters. The van der Waals surface area contributed by atoms with E-state index in [2.05, 4.69) is 6.58 Å². The minimum absolute atomic E-state index is 0.149. The Bertz CT molecular complexity index is 995. The van der Waals surface area contributed by atoms with E-state index in [-0.39, 0.29) is 5.91 Å². The lowest BCUT2D eigenvalue weighted by atomic mass is 10.1. The number of carbonyl (C=O) groups is 1. The summed E-state index contributed by atoms with van der Waals surface area (Å²) >= 11 is 13.0. The van der Waals surface area contributed by atoms with Crippen LogP contribution in [0.4, 0.5) is 0 Å².